The molecule has 0 aliphatic heterocycles. The van der Waals surface area contributed by atoms with Crippen molar-refractivity contribution in [2.24, 2.45) is 0 Å². The lowest BCUT2D eigenvalue weighted by Crippen LogP contribution is -2.11. The van der Waals surface area contributed by atoms with Gasteiger partial charge in [0, 0.05) is 10.6 Å². The molecule has 2 aromatic rings. The highest BCUT2D eigenvalue weighted by atomic mass is 35.5. The Balaban J connectivity index is 1.85. The predicted octanol–water partition coefficient (Wildman–Crippen LogP) is 5.56. The summed E-state index contributed by atoms with van der Waals surface area (Å²) in [6.45, 7) is 4.24. The monoisotopic (exact) mass is 360 g/mol. The second-order valence-electron chi connectivity index (χ2n) is 6.31. The topological polar surface area (TPSA) is 44.8 Å². The van der Waals surface area contributed by atoms with Crippen LogP contribution in [0.15, 0.2) is 30.3 Å². The van der Waals surface area contributed by atoms with Gasteiger partial charge in [-0.15, -0.1) is 0 Å². The Kier molecular flexibility index (Phi) is 5.19. The molecule has 1 fully saturated rings. The molecule has 2 aromatic carbocycles. The lowest BCUT2D eigenvalue weighted by molar-refractivity contribution is 0.120. The van der Waals surface area contributed by atoms with Crippen LogP contribution in [0.4, 0.5) is 4.79 Å². The van der Waals surface area contributed by atoms with Crippen LogP contribution in [0.2, 0.25) is 5.02 Å². The summed E-state index contributed by atoms with van der Waals surface area (Å²) < 4.78 is 15.9. The van der Waals surface area contributed by atoms with Gasteiger partial charge in [0.1, 0.15) is 18.1 Å². The number of methoxy groups -OCH3 is 1. The Bertz CT molecular complexity index is 797. The highest BCUT2D eigenvalue weighted by molar-refractivity contribution is 6.31. The fraction of sp³-hybridized carbons (Fsp3) is 0.350. The van der Waals surface area contributed by atoms with Gasteiger partial charge in [0.15, 0.2) is 0 Å². The SMILES string of the molecule is COC(=O)Oc1cccc(C)c1COc1cc(Cl)c(C)cc1C1CC1. The predicted molar refractivity (Wildman–Crippen MR) is 96.7 cm³/mol. The third-order valence-corrected chi connectivity index (χ3v) is 4.81. The second kappa shape index (κ2) is 7.36. The molecule has 0 bridgehead atoms. The maximum atomic E-state index is 11.5. The summed E-state index contributed by atoms with van der Waals surface area (Å²) in [5.74, 6) is 1.79. The first-order valence-corrected chi connectivity index (χ1v) is 8.64. The Morgan fingerprint density at radius 1 is 1.16 bits per heavy atom. The van der Waals surface area contributed by atoms with E-state index in [1.807, 2.05) is 32.0 Å². The van der Waals surface area contributed by atoms with E-state index in [9.17, 15) is 4.79 Å². The summed E-state index contributed by atoms with van der Waals surface area (Å²) in [5, 5.41) is 0.690. The number of hydrogen-bond acceptors (Lipinski definition) is 4. The summed E-state index contributed by atoms with van der Waals surface area (Å²) in [7, 11) is 1.28. The molecule has 0 saturated heterocycles. The van der Waals surface area contributed by atoms with Crippen molar-refractivity contribution in [3.05, 3.63) is 57.6 Å². The first-order chi connectivity index (χ1) is 12.0. The molecular formula is C20H21ClO4. The second-order valence-corrected chi connectivity index (χ2v) is 6.72. The van der Waals surface area contributed by atoms with Crippen molar-refractivity contribution in [1.29, 1.82) is 0 Å². The molecule has 25 heavy (non-hydrogen) atoms. The summed E-state index contributed by atoms with van der Waals surface area (Å²) in [5.41, 5.74) is 4.05. The average Bonchev–Trinajstić information content (AvgIpc) is 3.42. The van der Waals surface area contributed by atoms with Gasteiger partial charge in [-0.05, 0) is 61.4 Å². The van der Waals surface area contributed by atoms with Gasteiger partial charge in [0.05, 0.1) is 7.11 Å². The maximum Gasteiger partial charge on any atom is 0.513 e. The Labute approximate surface area is 152 Å². The maximum absolute atomic E-state index is 11.5. The molecule has 3 rings (SSSR count). The Morgan fingerprint density at radius 2 is 1.92 bits per heavy atom. The van der Waals surface area contributed by atoms with Gasteiger partial charge in [-0.25, -0.2) is 4.79 Å². The van der Waals surface area contributed by atoms with Gasteiger partial charge >= 0.3 is 6.16 Å². The van der Waals surface area contributed by atoms with Crippen LogP contribution < -0.4 is 9.47 Å². The number of halogens is 1. The van der Waals surface area contributed by atoms with Crippen molar-refractivity contribution in [3.63, 3.8) is 0 Å². The van der Waals surface area contributed by atoms with Crippen molar-refractivity contribution < 1.29 is 19.0 Å². The molecule has 0 unspecified atom stereocenters. The number of carbonyl (C=O) groups is 1. The van der Waals surface area contributed by atoms with Crippen LogP contribution in [0, 0.1) is 13.8 Å². The molecule has 0 heterocycles. The van der Waals surface area contributed by atoms with Gasteiger partial charge in [-0.1, -0.05) is 29.8 Å². The molecule has 5 heteroatoms. The van der Waals surface area contributed by atoms with E-state index in [0.717, 1.165) is 22.4 Å². The van der Waals surface area contributed by atoms with Gasteiger partial charge in [0.25, 0.3) is 0 Å². The summed E-state index contributed by atoms with van der Waals surface area (Å²) >= 11 is 6.28. The third kappa shape index (κ3) is 4.07. The highest BCUT2D eigenvalue weighted by Crippen LogP contribution is 2.46. The van der Waals surface area contributed by atoms with E-state index in [4.69, 9.17) is 21.1 Å². The molecule has 0 amide bonds. The van der Waals surface area contributed by atoms with Crippen molar-refractivity contribution in [3.8, 4) is 11.5 Å². The van der Waals surface area contributed by atoms with Crippen LogP contribution >= 0.6 is 11.6 Å². The first-order valence-electron chi connectivity index (χ1n) is 8.26. The molecular weight excluding hydrogens is 340 g/mol. The molecule has 4 nitrogen and oxygen atoms in total. The Morgan fingerprint density at radius 3 is 2.60 bits per heavy atom. The van der Waals surface area contributed by atoms with Crippen LogP contribution in [0.25, 0.3) is 0 Å². The largest absolute Gasteiger partial charge is 0.513 e. The smallest absolute Gasteiger partial charge is 0.488 e. The quantitative estimate of drug-likeness (QED) is 0.517. The summed E-state index contributed by atoms with van der Waals surface area (Å²) in [4.78, 5) is 11.5. The zero-order valence-corrected chi connectivity index (χ0v) is 15.4. The minimum absolute atomic E-state index is 0.290. The van der Waals surface area contributed by atoms with E-state index in [-0.39, 0.29) is 6.61 Å². The van der Waals surface area contributed by atoms with Crippen molar-refractivity contribution in [2.45, 2.75) is 39.2 Å². The zero-order valence-electron chi connectivity index (χ0n) is 14.6. The Hall–Kier alpha value is -2.20. The summed E-state index contributed by atoms with van der Waals surface area (Å²) in [6, 6.07) is 9.50. The number of rotatable bonds is 5. The number of hydrogen-bond donors (Lipinski definition) is 0. The molecule has 0 aromatic heterocycles. The van der Waals surface area contributed by atoms with Crippen molar-refractivity contribution in [1.82, 2.24) is 0 Å². The number of benzene rings is 2. The van der Waals surface area contributed by atoms with E-state index in [1.165, 1.54) is 25.5 Å². The van der Waals surface area contributed by atoms with Crippen molar-refractivity contribution >= 4 is 17.8 Å². The minimum atomic E-state index is -0.746. The van der Waals surface area contributed by atoms with Gasteiger partial charge < -0.3 is 14.2 Å². The van der Waals surface area contributed by atoms with Gasteiger partial charge in [0.2, 0.25) is 0 Å². The average molecular weight is 361 g/mol. The zero-order chi connectivity index (χ0) is 18.0. The van der Waals surface area contributed by atoms with Gasteiger partial charge in [-0.2, -0.15) is 0 Å². The van der Waals surface area contributed by atoms with Crippen LogP contribution in [-0.4, -0.2) is 13.3 Å². The van der Waals surface area contributed by atoms with Gasteiger partial charge in [-0.3, -0.25) is 0 Å². The standard InChI is InChI=1S/C20H21ClO4/c1-12-5-4-6-18(25-20(22)23-3)16(12)11-24-19-10-17(21)13(2)9-15(19)14-7-8-14/h4-6,9-10,14H,7-8,11H2,1-3H3. The first kappa shape index (κ1) is 17.6. The number of carbonyl (C=O) groups excluding carboxylic acids is 1. The summed E-state index contributed by atoms with van der Waals surface area (Å²) in [6.07, 6.45) is 1.61. The molecule has 1 aliphatic rings. The van der Waals surface area contributed by atoms with E-state index < -0.39 is 6.16 Å². The van der Waals surface area contributed by atoms with Crippen LogP contribution in [0.1, 0.15) is 41.0 Å². The molecule has 0 N–H and O–H groups in total. The van der Waals surface area contributed by atoms with E-state index in [0.29, 0.717) is 16.7 Å². The number of aryl methyl sites for hydroxylation is 2. The van der Waals surface area contributed by atoms with Crippen LogP contribution in [0.3, 0.4) is 0 Å². The lowest BCUT2D eigenvalue weighted by Gasteiger charge is -2.16. The number of ether oxygens (including phenoxy) is 3. The molecule has 0 atom stereocenters. The van der Waals surface area contributed by atoms with E-state index in [2.05, 4.69) is 10.8 Å². The lowest BCUT2D eigenvalue weighted by atomic mass is 10.1. The fourth-order valence-corrected chi connectivity index (χ4v) is 2.91. The van der Waals surface area contributed by atoms with E-state index >= 15 is 0 Å². The molecule has 0 radical (unpaired) electrons. The normalized spacial score (nSPS) is 13.4. The molecule has 0 spiro atoms. The third-order valence-electron chi connectivity index (χ3n) is 4.41. The van der Waals surface area contributed by atoms with Crippen molar-refractivity contribution in [2.75, 3.05) is 7.11 Å². The highest BCUT2D eigenvalue weighted by Gasteiger charge is 2.27. The molecule has 1 saturated carbocycles. The fourth-order valence-electron chi connectivity index (χ4n) is 2.76. The molecule has 132 valence electrons. The van der Waals surface area contributed by atoms with Crippen LogP contribution in [0.5, 0.6) is 11.5 Å². The minimum Gasteiger partial charge on any atom is -0.488 e. The molecule has 1 aliphatic carbocycles. The van der Waals surface area contributed by atoms with E-state index in [1.54, 1.807) is 6.07 Å². The van der Waals surface area contributed by atoms with Crippen LogP contribution in [-0.2, 0) is 11.3 Å².